The molecule has 2 aromatic rings. The van der Waals surface area contributed by atoms with Crippen molar-refractivity contribution in [1.29, 1.82) is 0 Å². The molecule has 0 unspecified atom stereocenters. The van der Waals surface area contributed by atoms with Gasteiger partial charge in [-0.3, -0.25) is 0 Å². The largest absolute Gasteiger partial charge is 0.493 e. The molecule has 0 saturated heterocycles. The number of nitrogens with one attached hydrogen (secondary N) is 1. The summed E-state index contributed by atoms with van der Waals surface area (Å²) in [5.74, 6) is 1.38. The molecule has 0 saturated carbocycles. The number of hydrogen-bond donors (Lipinski definition) is 1. The Balaban J connectivity index is 1.83. The summed E-state index contributed by atoms with van der Waals surface area (Å²) in [6, 6.07) is 7.25. The van der Waals surface area contributed by atoms with Gasteiger partial charge in [0.05, 0.1) is 6.61 Å². The molecule has 5 nitrogen and oxygen atoms in total. The molecular weight excluding hydrogens is 216 g/mol. The Bertz CT molecular complexity index is 418. The summed E-state index contributed by atoms with van der Waals surface area (Å²) in [6.07, 6.45) is 0.614. The van der Waals surface area contributed by atoms with E-state index in [0.717, 1.165) is 5.75 Å². The van der Waals surface area contributed by atoms with Crippen molar-refractivity contribution in [2.45, 2.75) is 6.42 Å². The highest BCUT2D eigenvalue weighted by Crippen LogP contribution is 2.16. The maximum absolute atomic E-state index is 5.80. The summed E-state index contributed by atoms with van der Waals surface area (Å²) < 4.78 is 5.45. The van der Waals surface area contributed by atoms with Crippen molar-refractivity contribution in [1.82, 2.24) is 20.6 Å². The molecule has 0 bridgehead atoms. The van der Waals surface area contributed by atoms with Gasteiger partial charge in [-0.15, -0.1) is 10.2 Å². The third-order valence-corrected chi connectivity index (χ3v) is 2.01. The topological polar surface area (TPSA) is 63.7 Å². The fourth-order valence-electron chi connectivity index (χ4n) is 1.11. The van der Waals surface area contributed by atoms with Crippen molar-refractivity contribution in [2.75, 3.05) is 6.61 Å². The van der Waals surface area contributed by atoms with Crippen LogP contribution in [0.25, 0.3) is 0 Å². The lowest BCUT2D eigenvalue weighted by atomic mass is 10.3. The molecule has 1 N–H and O–H groups in total. The minimum atomic E-state index is 0.500. The van der Waals surface area contributed by atoms with Gasteiger partial charge >= 0.3 is 0 Å². The molecular formula is C9H9ClN4O. The molecule has 0 atom stereocenters. The van der Waals surface area contributed by atoms with Crippen molar-refractivity contribution in [3.8, 4) is 5.75 Å². The molecule has 78 valence electrons. The van der Waals surface area contributed by atoms with Gasteiger partial charge in [-0.05, 0) is 18.2 Å². The van der Waals surface area contributed by atoms with Gasteiger partial charge in [0.2, 0.25) is 0 Å². The number of rotatable bonds is 4. The van der Waals surface area contributed by atoms with Crippen LogP contribution in [-0.2, 0) is 6.42 Å². The first-order valence-electron chi connectivity index (χ1n) is 4.45. The Hall–Kier alpha value is -1.62. The first kappa shape index (κ1) is 9.92. The normalized spacial score (nSPS) is 10.2. The molecule has 1 heterocycles. The number of aromatic amines is 1. The first-order chi connectivity index (χ1) is 7.34. The van der Waals surface area contributed by atoms with Crippen LogP contribution in [0.3, 0.4) is 0 Å². The highest BCUT2D eigenvalue weighted by molar-refractivity contribution is 6.30. The van der Waals surface area contributed by atoms with Crippen LogP contribution < -0.4 is 4.74 Å². The highest BCUT2D eigenvalue weighted by Gasteiger charge is 1.99. The van der Waals surface area contributed by atoms with E-state index >= 15 is 0 Å². The average Bonchev–Trinajstić information content (AvgIpc) is 2.71. The van der Waals surface area contributed by atoms with E-state index in [-0.39, 0.29) is 0 Å². The van der Waals surface area contributed by atoms with Crippen LogP contribution in [0.1, 0.15) is 5.82 Å². The Morgan fingerprint density at radius 3 is 3.07 bits per heavy atom. The zero-order chi connectivity index (χ0) is 10.5. The summed E-state index contributed by atoms with van der Waals surface area (Å²) >= 11 is 5.80. The molecule has 15 heavy (non-hydrogen) atoms. The SMILES string of the molecule is Clc1cccc(OCCc2nn[nH]n2)c1. The molecule has 0 amide bonds. The number of hydrogen-bond acceptors (Lipinski definition) is 4. The van der Waals surface area contributed by atoms with Crippen LogP contribution in [0, 0.1) is 0 Å². The lowest BCUT2D eigenvalue weighted by molar-refractivity contribution is 0.319. The highest BCUT2D eigenvalue weighted by atomic mass is 35.5. The number of H-pyrrole nitrogens is 1. The standard InChI is InChI=1S/C9H9ClN4O/c10-7-2-1-3-8(6-7)15-5-4-9-11-13-14-12-9/h1-3,6H,4-5H2,(H,11,12,13,14). The van der Waals surface area contributed by atoms with Crippen molar-refractivity contribution in [3.05, 3.63) is 35.1 Å². The molecule has 2 rings (SSSR count). The summed E-state index contributed by atoms with van der Waals surface area (Å²) in [5, 5.41) is 14.1. The second-order valence-electron chi connectivity index (χ2n) is 2.88. The van der Waals surface area contributed by atoms with Gasteiger partial charge in [0.1, 0.15) is 5.75 Å². The smallest absolute Gasteiger partial charge is 0.177 e. The van der Waals surface area contributed by atoms with Crippen LogP contribution in [0.4, 0.5) is 0 Å². The Labute approximate surface area is 91.4 Å². The van der Waals surface area contributed by atoms with Crippen LogP contribution in [0.15, 0.2) is 24.3 Å². The minimum Gasteiger partial charge on any atom is -0.493 e. The third-order valence-electron chi connectivity index (χ3n) is 1.78. The van der Waals surface area contributed by atoms with E-state index in [1.54, 1.807) is 12.1 Å². The van der Waals surface area contributed by atoms with Crippen LogP contribution in [0.5, 0.6) is 5.75 Å². The Morgan fingerprint density at radius 2 is 2.33 bits per heavy atom. The van der Waals surface area contributed by atoms with Crippen LogP contribution in [-0.4, -0.2) is 27.2 Å². The first-order valence-corrected chi connectivity index (χ1v) is 4.83. The second kappa shape index (κ2) is 4.75. The number of halogens is 1. The minimum absolute atomic E-state index is 0.500. The van der Waals surface area contributed by atoms with Crippen molar-refractivity contribution in [3.63, 3.8) is 0 Å². The molecule has 0 aliphatic heterocycles. The maximum Gasteiger partial charge on any atom is 0.177 e. The molecule has 0 aliphatic carbocycles. The summed E-state index contributed by atoms with van der Waals surface area (Å²) in [5.41, 5.74) is 0. The molecule has 1 aromatic heterocycles. The van der Waals surface area contributed by atoms with Crippen molar-refractivity contribution in [2.24, 2.45) is 0 Å². The van der Waals surface area contributed by atoms with E-state index in [0.29, 0.717) is 23.9 Å². The zero-order valence-corrected chi connectivity index (χ0v) is 8.61. The van der Waals surface area contributed by atoms with Gasteiger partial charge in [-0.1, -0.05) is 22.9 Å². The van der Waals surface area contributed by atoms with Gasteiger partial charge < -0.3 is 4.74 Å². The van der Waals surface area contributed by atoms with E-state index < -0.39 is 0 Å². The fraction of sp³-hybridized carbons (Fsp3) is 0.222. The van der Waals surface area contributed by atoms with E-state index in [9.17, 15) is 0 Å². The Morgan fingerprint density at radius 1 is 1.40 bits per heavy atom. The number of ether oxygens (including phenoxy) is 1. The van der Waals surface area contributed by atoms with E-state index in [1.807, 2.05) is 12.1 Å². The number of tetrazole rings is 1. The van der Waals surface area contributed by atoms with Crippen LogP contribution >= 0.6 is 11.6 Å². The maximum atomic E-state index is 5.80. The lowest BCUT2D eigenvalue weighted by Crippen LogP contribution is -2.02. The second-order valence-corrected chi connectivity index (χ2v) is 3.32. The number of aromatic nitrogens is 4. The lowest BCUT2D eigenvalue weighted by Gasteiger charge is -2.03. The van der Waals surface area contributed by atoms with E-state index in [1.165, 1.54) is 0 Å². The summed E-state index contributed by atoms with van der Waals surface area (Å²) in [6.45, 7) is 0.500. The van der Waals surface area contributed by atoms with Gasteiger partial charge in [-0.25, -0.2) is 0 Å². The Kier molecular flexibility index (Phi) is 3.14. The number of nitrogens with zero attached hydrogens (tertiary/aromatic N) is 3. The van der Waals surface area contributed by atoms with E-state index in [4.69, 9.17) is 16.3 Å². The molecule has 0 radical (unpaired) electrons. The average molecular weight is 225 g/mol. The summed E-state index contributed by atoms with van der Waals surface area (Å²) in [4.78, 5) is 0. The number of benzene rings is 1. The van der Waals surface area contributed by atoms with E-state index in [2.05, 4.69) is 20.6 Å². The third kappa shape index (κ3) is 2.92. The molecule has 0 spiro atoms. The van der Waals surface area contributed by atoms with Crippen molar-refractivity contribution < 1.29 is 4.74 Å². The molecule has 0 aliphatic rings. The van der Waals surface area contributed by atoms with Gasteiger partial charge in [-0.2, -0.15) is 5.21 Å². The van der Waals surface area contributed by atoms with Crippen molar-refractivity contribution >= 4 is 11.6 Å². The quantitative estimate of drug-likeness (QED) is 0.854. The van der Waals surface area contributed by atoms with Gasteiger partial charge in [0, 0.05) is 11.4 Å². The molecule has 1 aromatic carbocycles. The summed E-state index contributed by atoms with van der Waals surface area (Å²) in [7, 11) is 0. The monoisotopic (exact) mass is 224 g/mol. The predicted octanol–water partition coefficient (Wildman–Crippen LogP) is 1.47. The fourth-order valence-corrected chi connectivity index (χ4v) is 1.29. The molecule has 0 fully saturated rings. The van der Waals surface area contributed by atoms with Gasteiger partial charge in [0.15, 0.2) is 5.82 Å². The molecule has 6 heteroatoms. The zero-order valence-electron chi connectivity index (χ0n) is 7.85. The van der Waals surface area contributed by atoms with Crippen LogP contribution in [0.2, 0.25) is 5.02 Å². The predicted molar refractivity (Wildman–Crippen MR) is 54.8 cm³/mol. The van der Waals surface area contributed by atoms with Gasteiger partial charge in [0.25, 0.3) is 0 Å².